The van der Waals surface area contributed by atoms with Gasteiger partial charge in [-0.05, 0) is 22.8 Å². The highest BCUT2D eigenvalue weighted by Crippen LogP contribution is 2.26. The van der Waals surface area contributed by atoms with Crippen molar-refractivity contribution in [1.82, 2.24) is 0 Å². The molecule has 86 valence electrons. The third kappa shape index (κ3) is 2.18. The van der Waals surface area contributed by atoms with E-state index in [4.69, 9.17) is 0 Å². The fourth-order valence-electron chi connectivity index (χ4n) is 1.82. The van der Waals surface area contributed by atoms with Crippen LogP contribution in [0, 0.1) is 0 Å². The number of methoxy groups -OCH3 is 1. The van der Waals surface area contributed by atoms with Crippen LogP contribution in [-0.2, 0) is 16.0 Å². The Bertz CT molecular complexity index is 538. The molecule has 3 nitrogen and oxygen atoms in total. The molecular formula is C14H12O3. The first-order valence-corrected chi connectivity index (χ1v) is 5.23. The van der Waals surface area contributed by atoms with Crippen LogP contribution < -0.4 is 0 Å². The van der Waals surface area contributed by atoms with Crippen molar-refractivity contribution in [2.24, 2.45) is 0 Å². The molecule has 17 heavy (non-hydrogen) atoms. The molecule has 1 aliphatic carbocycles. The summed E-state index contributed by atoms with van der Waals surface area (Å²) >= 11 is 0. The molecule has 0 radical (unpaired) electrons. The normalized spacial score (nSPS) is 14.2. The van der Waals surface area contributed by atoms with Gasteiger partial charge in [0.1, 0.15) is 0 Å². The number of benzene rings is 1. The lowest BCUT2D eigenvalue weighted by atomic mass is 10.1. The second-order valence-electron chi connectivity index (χ2n) is 3.88. The molecule has 0 bridgehead atoms. The summed E-state index contributed by atoms with van der Waals surface area (Å²) in [5, 5.41) is 0. The molecule has 3 heteroatoms. The Balaban J connectivity index is 2.28. The maximum absolute atomic E-state index is 11.6. The van der Waals surface area contributed by atoms with Crippen LogP contribution in [0.25, 0.3) is 6.08 Å². The van der Waals surface area contributed by atoms with Crippen LogP contribution in [0.3, 0.4) is 0 Å². The van der Waals surface area contributed by atoms with E-state index in [2.05, 4.69) is 11.3 Å². The minimum atomic E-state index is -0.397. The summed E-state index contributed by atoms with van der Waals surface area (Å²) in [5.74, 6) is -0.380. The van der Waals surface area contributed by atoms with Gasteiger partial charge in [0.05, 0.1) is 7.11 Å². The predicted octanol–water partition coefficient (Wildman–Crippen LogP) is 2.17. The van der Waals surface area contributed by atoms with Crippen molar-refractivity contribution in [1.29, 1.82) is 0 Å². The molecule has 1 aromatic carbocycles. The third-order valence-corrected chi connectivity index (χ3v) is 2.71. The first-order chi connectivity index (χ1) is 8.11. The number of hydrogen-bond donors (Lipinski definition) is 0. The van der Waals surface area contributed by atoms with Gasteiger partial charge in [-0.3, -0.25) is 4.79 Å². The average Bonchev–Trinajstić information content (AvgIpc) is 2.62. The number of ether oxygens (including phenoxy) is 1. The average molecular weight is 228 g/mol. The van der Waals surface area contributed by atoms with E-state index in [0.29, 0.717) is 17.6 Å². The number of Topliss-reactive ketones (excluding diaryl/α,β-unsaturated/α-hetero) is 1. The van der Waals surface area contributed by atoms with Gasteiger partial charge in [-0.25, -0.2) is 4.79 Å². The van der Waals surface area contributed by atoms with Crippen LogP contribution >= 0.6 is 0 Å². The standard InChI is InChI=1S/C14H12O3/c1-9-7-11-8-10(4-6-13(15)17-2)3-5-12(11)14(9)16/h3-6,8H,1,7H2,2H3/b6-4+. The zero-order valence-electron chi connectivity index (χ0n) is 9.53. The van der Waals surface area contributed by atoms with Crippen molar-refractivity contribution in [2.75, 3.05) is 7.11 Å². The Labute approximate surface area is 99.4 Å². The molecule has 0 saturated heterocycles. The van der Waals surface area contributed by atoms with Crippen molar-refractivity contribution in [2.45, 2.75) is 6.42 Å². The van der Waals surface area contributed by atoms with Crippen molar-refractivity contribution in [3.8, 4) is 0 Å². The number of carbonyl (C=O) groups excluding carboxylic acids is 2. The van der Waals surface area contributed by atoms with E-state index in [1.165, 1.54) is 13.2 Å². The lowest BCUT2D eigenvalue weighted by molar-refractivity contribution is -0.134. The molecule has 0 fully saturated rings. The van der Waals surface area contributed by atoms with E-state index in [9.17, 15) is 9.59 Å². The number of carbonyl (C=O) groups is 2. The highest BCUT2D eigenvalue weighted by atomic mass is 16.5. The Morgan fingerprint density at radius 1 is 1.47 bits per heavy atom. The quantitative estimate of drug-likeness (QED) is 0.575. The number of fused-ring (bicyclic) bond motifs is 1. The number of rotatable bonds is 2. The molecule has 0 aliphatic heterocycles. The Morgan fingerprint density at radius 2 is 2.24 bits per heavy atom. The molecule has 1 aromatic rings. The molecule has 0 spiro atoms. The van der Waals surface area contributed by atoms with E-state index in [1.54, 1.807) is 18.2 Å². The van der Waals surface area contributed by atoms with Gasteiger partial charge in [0.15, 0.2) is 5.78 Å². The second-order valence-corrected chi connectivity index (χ2v) is 3.88. The zero-order valence-corrected chi connectivity index (χ0v) is 9.53. The first-order valence-electron chi connectivity index (χ1n) is 5.23. The van der Waals surface area contributed by atoms with Gasteiger partial charge in [-0.2, -0.15) is 0 Å². The number of allylic oxidation sites excluding steroid dienone is 1. The van der Waals surface area contributed by atoms with Crippen LogP contribution in [0.4, 0.5) is 0 Å². The van der Waals surface area contributed by atoms with Crippen molar-refractivity contribution >= 4 is 17.8 Å². The van der Waals surface area contributed by atoms with Crippen LogP contribution in [0.2, 0.25) is 0 Å². The molecule has 0 saturated carbocycles. The first kappa shape index (κ1) is 11.3. The molecule has 2 rings (SSSR count). The fourth-order valence-corrected chi connectivity index (χ4v) is 1.82. The van der Waals surface area contributed by atoms with Crippen molar-refractivity contribution < 1.29 is 14.3 Å². The number of hydrogen-bond acceptors (Lipinski definition) is 3. The van der Waals surface area contributed by atoms with E-state index in [1.807, 2.05) is 6.07 Å². The lowest BCUT2D eigenvalue weighted by Crippen LogP contribution is -1.94. The molecule has 1 aliphatic rings. The van der Waals surface area contributed by atoms with Crippen LogP contribution in [0.5, 0.6) is 0 Å². The van der Waals surface area contributed by atoms with Crippen molar-refractivity contribution in [3.63, 3.8) is 0 Å². The molecule has 0 unspecified atom stereocenters. The number of ketones is 1. The Morgan fingerprint density at radius 3 is 2.94 bits per heavy atom. The maximum Gasteiger partial charge on any atom is 0.330 e. The van der Waals surface area contributed by atoms with Gasteiger partial charge >= 0.3 is 5.97 Å². The summed E-state index contributed by atoms with van der Waals surface area (Å²) in [6.07, 6.45) is 3.61. The van der Waals surface area contributed by atoms with E-state index in [0.717, 1.165) is 11.1 Å². The van der Waals surface area contributed by atoms with Crippen LogP contribution in [-0.4, -0.2) is 18.9 Å². The van der Waals surface area contributed by atoms with Crippen LogP contribution in [0.1, 0.15) is 21.5 Å². The molecule has 0 amide bonds. The summed E-state index contributed by atoms with van der Waals surface area (Å²) in [6.45, 7) is 3.73. The summed E-state index contributed by atoms with van der Waals surface area (Å²) in [7, 11) is 1.33. The highest BCUT2D eigenvalue weighted by molar-refractivity contribution is 6.12. The molecular weight excluding hydrogens is 216 g/mol. The molecule has 0 aromatic heterocycles. The lowest BCUT2D eigenvalue weighted by Gasteiger charge is -1.98. The van der Waals surface area contributed by atoms with Crippen molar-refractivity contribution in [3.05, 3.63) is 53.1 Å². The minimum absolute atomic E-state index is 0.0171. The van der Waals surface area contributed by atoms with E-state index >= 15 is 0 Å². The minimum Gasteiger partial charge on any atom is -0.466 e. The molecule has 0 N–H and O–H groups in total. The van der Waals surface area contributed by atoms with Gasteiger partial charge in [0.25, 0.3) is 0 Å². The van der Waals surface area contributed by atoms with E-state index in [-0.39, 0.29) is 5.78 Å². The Kier molecular flexibility index (Phi) is 2.91. The summed E-state index contributed by atoms with van der Waals surface area (Å²) < 4.78 is 4.50. The molecule has 0 atom stereocenters. The maximum atomic E-state index is 11.6. The highest BCUT2D eigenvalue weighted by Gasteiger charge is 2.22. The zero-order chi connectivity index (χ0) is 12.4. The summed E-state index contributed by atoms with van der Waals surface area (Å²) in [6, 6.07) is 5.46. The Hall–Kier alpha value is -2.16. The van der Waals surface area contributed by atoms with Crippen LogP contribution in [0.15, 0.2) is 36.4 Å². The van der Waals surface area contributed by atoms with Gasteiger partial charge in [0.2, 0.25) is 0 Å². The SMILES string of the molecule is C=C1Cc2cc(/C=C/C(=O)OC)ccc2C1=O. The topological polar surface area (TPSA) is 43.4 Å². The number of esters is 1. The van der Waals surface area contributed by atoms with Gasteiger partial charge in [-0.1, -0.05) is 24.8 Å². The summed E-state index contributed by atoms with van der Waals surface area (Å²) in [4.78, 5) is 22.6. The van der Waals surface area contributed by atoms with Gasteiger partial charge in [-0.15, -0.1) is 0 Å². The van der Waals surface area contributed by atoms with Gasteiger partial charge < -0.3 is 4.74 Å². The monoisotopic (exact) mass is 228 g/mol. The predicted molar refractivity (Wildman–Crippen MR) is 64.7 cm³/mol. The molecule has 0 heterocycles. The fraction of sp³-hybridized carbons (Fsp3) is 0.143. The largest absolute Gasteiger partial charge is 0.466 e. The smallest absolute Gasteiger partial charge is 0.330 e. The third-order valence-electron chi connectivity index (χ3n) is 2.71. The second kappa shape index (κ2) is 4.37. The van der Waals surface area contributed by atoms with E-state index < -0.39 is 5.97 Å². The van der Waals surface area contributed by atoms with Gasteiger partial charge in [0, 0.05) is 18.1 Å². The summed E-state index contributed by atoms with van der Waals surface area (Å²) in [5.41, 5.74) is 3.17.